The maximum absolute atomic E-state index is 15.3. The normalized spacial score (nSPS) is 24.4. The van der Waals surface area contributed by atoms with E-state index in [4.69, 9.17) is 20.2 Å². The number of ether oxygens (including phenoxy) is 2. The molecular formula is C35H39FN10O3. The first-order chi connectivity index (χ1) is 23.9. The van der Waals surface area contributed by atoms with Crippen molar-refractivity contribution in [2.45, 2.75) is 37.3 Å². The number of amides is 1. The number of nitrogens with zero attached hydrogens (tertiary/aromatic N) is 7. The molecule has 13 nitrogen and oxygen atoms in total. The fourth-order valence-electron chi connectivity index (χ4n) is 6.47. The van der Waals surface area contributed by atoms with E-state index >= 15 is 4.39 Å². The van der Waals surface area contributed by atoms with Crippen molar-refractivity contribution >= 4 is 35.8 Å². The van der Waals surface area contributed by atoms with Crippen LogP contribution in [0.1, 0.15) is 30.1 Å². The first kappa shape index (κ1) is 32.3. The molecule has 0 aromatic heterocycles. The Morgan fingerprint density at radius 3 is 2.67 bits per heavy atom. The van der Waals surface area contributed by atoms with Crippen molar-refractivity contribution in [3.63, 3.8) is 0 Å². The van der Waals surface area contributed by atoms with Gasteiger partial charge in [-0.05, 0) is 48.0 Å². The number of nitriles is 1. The standard InChI is InChI=1S/C35H39FN10O3/c36-30-19-46(34(47)24-7-9-39-18-26(38)16-24)10-8-32(30)49-31-6-1-23(15-25(31)17-37)33-40-22-41-35(43-33)42-27-2-4-28(5-3-27)44-11-13-45(14-12-44)29-20-48-21-29/h1-7,9,15,18,22,29-30,32-33H,8,10-14,16,19-21,38H2,(H2,40,41,42,43)/t30-,32+,33?/m1/s1. The van der Waals surface area contributed by atoms with Gasteiger partial charge in [-0.25, -0.2) is 14.4 Å². The minimum Gasteiger partial charge on any atom is -0.486 e. The summed E-state index contributed by atoms with van der Waals surface area (Å²) in [6.07, 6.45) is 3.90. The highest BCUT2D eigenvalue weighted by Crippen LogP contribution is 2.30. The lowest BCUT2D eigenvalue weighted by atomic mass is 10.0. The number of halogens is 1. The van der Waals surface area contributed by atoms with Gasteiger partial charge in [-0.3, -0.25) is 14.7 Å². The summed E-state index contributed by atoms with van der Waals surface area (Å²) in [4.78, 5) is 32.5. The molecule has 3 saturated heterocycles. The van der Waals surface area contributed by atoms with E-state index in [0.717, 1.165) is 45.1 Å². The summed E-state index contributed by atoms with van der Waals surface area (Å²) in [5, 5.41) is 16.3. The molecule has 2 aromatic rings. The molecule has 49 heavy (non-hydrogen) atoms. The second kappa shape index (κ2) is 14.5. The van der Waals surface area contributed by atoms with Crippen molar-refractivity contribution in [2.24, 2.45) is 20.7 Å². The molecule has 254 valence electrons. The second-order valence-electron chi connectivity index (χ2n) is 12.6. The molecule has 3 fully saturated rings. The number of benzene rings is 2. The van der Waals surface area contributed by atoms with E-state index in [2.05, 4.69) is 48.6 Å². The Bertz CT molecular complexity index is 1740. The summed E-state index contributed by atoms with van der Waals surface area (Å²) < 4.78 is 26.7. The molecule has 5 heterocycles. The van der Waals surface area contributed by atoms with Crippen LogP contribution in [0.25, 0.3) is 0 Å². The highest BCUT2D eigenvalue weighted by molar-refractivity contribution is 6.01. The molecule has 0 radical (unpaired) electrons. The summed E-state index contributed by atoms with van der Waals surface area (Å²) in [6.45, 7) is 5.95. The third-order valence-corrected chi connectivity index (χ3v) is 9.36. The highest BCUT2D eigenvalue weighted by Gasteiger charge is 2.35. The molecule has 4 N–H and O–H groups in total. The van der Waals surface area contributed by atoms with Crippen LogP contribution in [0.5, 0.6) is 5.75 Å². The van der Waals surface area contributed by atoms with E-state index in [1.807, 2.05) is 12.1 Å². The van der Waals surface area contributed by atoms with Crippen molar-refractivity contribution in [1.82, 2.24) is 15.1 Å². The number of hydrogen-bond donors (Lipinski definition) is 3. The molecule has 5 aliphatic rings. The smallest absolute Gasteiger partial charge is 0.250 e. The Hall–Kier alpha value is -5.26. The number of alkyl halides is 1. The van der Waals surface area contributed by atoms with Gasteiger partial charge in [0, 0.05) is 80.6 Å². The highest BCUT2D eigenvalue weighted by atomic mass is 19.1. The minimum absolute atomic E-state index is 0.119. The van der Waals surface area contributed by atoms with Gasteiger partial charge in [0.15, 0.2) is 12.3 Å². The van der Waals surface area contributed by atoms with Gasteiger partial charge in [0.25, 0.3) is 0 Å². The molecule has 7 rings (SSSR count). The van der Waals surface area contributed by atoms with Crippen molar-refractivity contribution in [3.8, 4) is 11.8 Å². The van der Waals surface area contributed by atoms with Crippen LogP contribution in [0.2, 0.25) is 0 Å². The SMILES string of the molecule is N#Cc1cc(C2N=CNC(Nc3ccc(N4CCN(C5COC5)CC4)cc3)=N2)ccc1O[C@H]1CCN(C(=O)C2=CC=NC=C(N)C2)C[C@H]1F. The summed E-state index contributed by atoms with van der Waals surface area (Å²) in [5.74, 6) is 0.527. The molecule has 0 bridgehead atoms. The number of guanidine groups is 1. The Balaban J connectivity index is 0.942. The van der Waals surface area contributed by atoms with Gasteiger partial charge in [-0.2, -0.15) is 5.26 Å². The predicted molar refractivity (Wildman–Crippen MR) is 185 cm³/mol. The zero-order valence-corrected chi connectivity index (χ0v) is 27.0. The Morgan fingerprint density at radius 2 is 1.94 bits per heavy atom. The summed E-state index contributed by atoms with van der Waals surface area (Å²) in [7, 11) is 0. The van der Waals surface area contributed by atoms with Gasteiger partial charge >= 0.3 is 0 Å². The summed E-state index contributed by atoms with van der Waals surface area (Å²) in [6, 6.07) is 16.1. The van der Waals surface area contributed by atoms with Crippen LogP contribution >= 0.6 is 0 Å². The molecule has 5 aliphatic heterocycles. The zero-order chi connectivity index (χ0) is 33.7. The molecule has 1 unspecified atom stereocenters. The van der Waals surface area contributed by atoms with Crippen LogP contribution in [0, 0.1) is 11.3 Å². The lowest BCUT2D eigenvalue weighted by Gasteiger charge is -2.43. The lowest BCUT2D eigenvalue weighted by Crippen LogP contribution is -2.56. The molecule has 0 aliphatic carbocycles. The quantitative estimate of drug-likeness (QED) is 0.405. The molecule has 2 aromatic carbocycles. The largest absolute Gasteiger partial charge is 0.486 e. The number of carbonyl (C=O) groups is 1. The van der Waals surface area contributed by atoms with E-state index in [0.29, 0.717) is 35.4 Å². The maximum atomic E-state index is 15.3. The topological polar surface area (TPSA) is 156 Å². The van der Waals surface area contributed by atoms with Crippen LogP contribution in [0.4, 0.5) is 15.8 Å². The Labute approximate surface area is 284 Å². The van der Waals surface area contributed by atoms with Crippen molar-refractivity contribution in [1.29, 1.82) is 5.26 Å². The average molecular weight is 667 g/mol. The lowest BCUT2D eigenvalue weighted by molar-refractivity contribution is -0.131. The first-order valence-corrected chi connectivity index (χ1v) is 16.5. The second-order valence-corrected chi connectivity index (χ2v) is 12.6. The molecule has 0 saturated carbocycles. The van der Waals surface area contributed by atoms with Crippen LogP contribution in [-0.4, -0.2) is 105 Å². The van der Waals surface area contributed by atoms with Gasteiger partial charge in [0.05, 0.1) is 37.7 Å². The van der Waals surface area contributed by atoms with Gasteiger partial charge < -0.3 is 35.6 Å². The number of nitrogens with one attached hydrogen (secondary N) is 2. The van der Waals surface area contributed by atoms with E-state index < -0.39 is 18.4 Å². The number of piperazine rings is 1. The zero-order valence-electron chi connectivity index (χ0n) is 27.0. The number of aliphatic imine (C=N–C) groups is 3. The summed E-state index contributed by atoms with van der Waals surface area (Å²) >= 11 is 0. The number of likely N-dealkylation sites (tertiary alicyclic amines) is 1. The van der Waals surface area contributed by atoms with E-state index in [-0.39, 0.29) is 36.6 Å². The minimum atomic E-state index is -1.43. The fourth-order valence-corrected chi connectivity index (χ4v) is 6.47. The molecule has 3 atom stereocenters. The number of rotatable bonds is 7. The van der Waals surface area contributed by atoms with Crippen LogP contribution in [0.15, 0.2) is 81.0 Å². The number of piperidine rings is 1. The van der Waals surface area contributed by atoms with E-state index in [9.17, 15) is 10.1 Å². The Morgan fingerprint density at radius 1 is 1.12 bits per heavy atom. The molecule has 0 spiro atoms. The maximum Gasteiger partial charge on any atom is 0.250 e. The van der Waals surface area contributed by atoms with Crippen LogP contribution in [0.3, 0.4) is 0 Å². The van der Waals surface area contributed by atoms with Crippen molar-refractivity contribution in [2.75, 3.05) is 62.7 Å². The number of allylic oxidation sites excluding steroid dienone is 2. The average Bonchev–Trinajstić information content (AvgIpc) is 3.33. The van der Waals surface area contributed by atoms with Gasteiger partial charge in [-0.1, -0.05) is 6.07 Å². The van der Waals surface area contributed by atoms with Gasteiger partial charge in [0.1, 0.15) is 17.9 Å². The van der Waals surface area contributed by atoms with E-state index in [1.165, 1.54) is 23.0 Å². The molecule has 1 amide bonds. The number of nitrogens with two attached hydrogens (primary N) is 1. The predicted octanol–water partition coefficient (Wildman–Crippen LogP) is 2.70. The number of carbonyl (C=O) groups excluding carboxylic acids is 1. The van der Waals surface area contributed by atoms with Gasteiger partial charge in [-0.15, -0.1) is 0 Å². The van der Waals surface area contributed by atoms with Crippen LogP contribution in [-0.2, 0) is 9.53 Å². The van der Waals surface area contributed by atoms with Crippen molar-refractivity contribution < 1.29 is 18.7 Å². The summed E-state index contributed by atoms with van der Waals surface area (Å²) in [5.41, 5.74) is 9.82. The van der Waals surface area contributed by atoms with E-state index in [1.54, 1.807) is 30.6 Å². The molecular weight excluding hydrogens is 627 g/mol. The van der Waals surface area contributed by atoms with Crippen molar-refractivity contribution in [3.05, 3.63) is 77.1 Å². The monoisotopic (exact) mass is 666 g/mol. The van der Waals surface area contributed by atoms with Gasteiger partial charge in [0.2, 0.25) is 11.9 Å². The fraction of sp³-hybridized carbons (Fsp3) is 0.400. The molecule has 14 heteroatoms. The Kier molecular flexibility index (Phi) is 9.54. The number of anilines is 2. The third-order valence-electron chi connectivity index (χ3n) is 9.36. The first-order valence-electron chi connectivity index (χ1n) is 16.5. The van der Waals surface area contributed by atoms with Crippen LogP contribution < -0.4 is 26.0 Å². The third kappa shape index (κ3) is 7.43. The number of hydrogen-bond acceptors (Lipinski definition) is 12.